The number of benzene rings is 6. The second-order valence-electron chi connectivity index (χ2n) is 14.1. The summed E-state index contributed by atoms with van der Waals surface area (Å²) in [4.78, 5) is 0. The molecule has 0 atom stereocenters. The van der Waals surface area contributed by atoms with Crippen LogP contribution in [-0.2, 0) is 38.5 Å². The van der Waals surface area contributed by atoms with Gasteiger partial charge in [0.15, 0.2) is 11.5 Å². The van der Waals surface area contributed by atoms with E-state index in [9.17, 15) is 30.6 Å². The zero-order chi connectivity index (χ0) is 44.3. The highest BCUT2D eigenvalue weighted by molar-refractivity contribution is 5.76. The Balaban J connectivity index is 0.000000202. The first-order valence-corrected chi connectivity index (χ1v) is 19.7. The first-order chi connectivity index (χ1) is 29.4. The minimum Gasteiger partial charge on any atom is -0.508 e. The molecule has 0 unspecified atom stereocenters. The fourth-order valence-corrected chi connectivity index (χ4v) is 6.36. The molecular formula is C54H54O7. The lowest BCUT2D eigenvalue weighted by Crippen LogP contribution is -1.89. The van der Waals surface area contributed by atoms with E-state index in [-0.39, 0.29) is 40.2 Å². The Bertz CT molecular complexity index is 2420. The van der Waals surface area contributed by atoms with Crippen molar-refractivity contribution in [2.24, 2.45) is 0 Å². The topological polar surface area (TPSA) is 131 Å². The van der Waals surface area contributed by atoms with Crippen LogP contribution in [0.15, 0.2) is 185 Å². The fraction of sp³-hybridized carbons (Fsp3) is 0.111. The molecule has 0 amide bonds. The van der Waals surface area contributed by atoms with Crippen LogP contribution in [0.4, 0.5) is 0 Å². The van der Waals surface area contributed by atoms with Gasteiger partial charge in [0.2, 0.25) is 5.75 Å². The third-order valence-electron chi connectivity index (χ3n) is 9.39. The Kier molecular flexibility index (Phi) is 17.4. The molecule has 0 fully saturated rings. The molecule has 0 aliphatic rings. The van der Waals surface area contributed by atoms with Gasteiger partial charge in [0.1, 0.15) is 28.7 Å². The molecule has 6 N–H and O–H groups in total. The average molecular weight is 815 g/mol. The Labute approximate surface area is 359 Å². The van der Waals surface area contributed by atoms with E-state index in [1.165, 1.54) is 6.07 Å². The quantitative estimate of drug-likeness (QED) is 0.0424. The monoisotopic (exact) mass is 814 g/mol. The van der Waals surface area contributed by atoms with Crippen LogP contribution < -0.4 is 4.74 Å². The molecule has 0 saturated heterocycles. The number of rotatable bonds is 16. The van der Waals surface area contributed by atoms with Gasteiger partial charge in [0, 0.05) is 16.7 Å². The van der Waals surface area contributed by atoms with Gasteiger partial charge in [-0.1, -0.05) is 72.9 Å². The molecule has 0 heterocycles. The van der Waals surface area contributed by atoms with E-state index >= 15 is 0 Å². The zero-order valence-corrected chi connectivity index (χ0v) is 34.4. The maximum Gasteiger partial charge on any atom is 0.201 e. The summed E-state index contributed by atoms with van der Waals surface area (Å²) in [5, 5.41) is 59.5. The fourth-order valence-electron chi connectivity index (χ4n) is 6.36. The van der Waals surface area contributed by atoms with Crippen molar-refractivity contribution in [1.82, 2.24) is 0 Å². The van der Waals surface area contributed by atoms with Gasteiger partial charge in [-0.2, -0.15) is 0 Å². The van der Waals surface area contributed by atoms with Crippen LogP contribution in [0.1, 0.15) is 33.4 Å². The van der Waals surface area contributed by atoms with E-state index < -0.39 is 0 Å². The summed E-state index contributed by atoms with van der Waals surface area (Å²) in [6.45, 7) is 22.2. The lowest BCUT2D eigenvalue weighted by atomic mass is 9.97. The van der Waals surface area contributed by atoms with Crippen molar-refractivity contribution in [1.29, 1.82) is 0 Å². The van der Waals surface area contributed by atoms with Crippen LogP contribution in [0.3, 0.4) is 0 Å². The lowest BCUT2D eigenvalue weighted by molar-refractivity contribution is 0.372. The number of phenols is 6. The number of phenolic OH excluding ortho intramolecular Hbond substituents is 6. The molecule has 0 spiro atoms. The summed E-state index contributed by atoms with van der Waals surface area (Å²) in [7, 11) is 0. The molecule has 61 heavy (non-hydrogen) atoms. The molecule has 6 aromatic rings. The highest BCUT2D eigenvalue weighted by Gasteiger charge is 2.13. The summed E-state index contributed by atoms with van der Waals surface area (Å²) in [5.74, 6) is 1.14. The second kappa shape index (κ2) is 23.1. The van der Waals surface area contributed by atoms with Crippen molar-refractivity contribution in [3.05, 3.63) is 219 Å². The number of aromatic hydroxyl groups is 6. The van der Waals surface area contributed by atoms with Crippen LogP contribution in [-0.4, -0.2) is 30.6 Å². The summed E-state index contributed by atoms with van der Waals surface area (Å²) in [5.41, 5.74) is 8.82. The van der Waals surface area contributed by atoms with Crippen molar-refractivity contribution in [2.45, 2.75) is 38.5 Å². The maximum atomic E-state index is 10.0. The largest absolute Gasteiger partial charge is 0.508 e. The Morgan fingerprint density at radius 2 is 0.770 bits per heavy atom. The van der Waals surface area contributed by atoms with Gasteiger partial charge in [-0.15, -0.1) is 39.5 Å². The van der Waals surface area contributed by atoms with Crippen molar-refractivity contribution < 1.29 is 35.4 Å². The summed E-state index contributed by atoms with van der Waals surface area (Å²) < 4.78 is 5.64. The van der Waals surface area contributed by atoms with Crippen LogP contribution >= 0.6 is 0 Å². The van der Waals surface area contributed by atoms with E-state index in [1.54, 1.807) is 48.6 Å². The molecule has 0 aromatic heterocycles. The third-order valence-corrected chi connectivity index (χ3v) is 9.39. The molecule has 7 nitrogen and oxygen atoms in total. The van der Waals surface area contributed by atoms with E-state index in [0.29, 0.717) is 29.7 Å². The van der Waals surface area contributed by atoms with Crippen LogP contribution in [0.5, 0.6) is 46.0 Å². The van der Waals surface area contributed by atoms with Gasteiger partial charge in [-0.05, 0) is 150 Å². The first-order valence-electron chi connectivity index (χ1n) is 19.7. The number of hydrogen-bond acceptors (Lipinski definition) is 7. The molecule has 6 aromatic carbocycles. The maximum absolute atomic E-state index is 10.0. The van der Waals surface area contributed by atoms with Crippen LogP contribution in [0.25, 0.3) is 22.3 Å². The predicted molar refractivity (Wildman–Crippen MR) is 250 cm³/mol. The first kappa shape index (κ1) is 46.1. The highest BCUT2D eigenvalue weighted by Crippen LogP contribution is 2.40. The predicted octanol–water partition coefficient (Wildman–Crippen LogP) is 12.8. The second-order valence-corrected chi connectivity index (χ2v) is 14.1. The molecule has 7 heteroatoms. The number of ether oxygens (including phenoxy) is 1. The summed E-state index contributed by atoms with van der Waals surface area (Å²) in [6.07, 6.45) is 14.9. The van der Waals surface area contributed by atoms with Gasteiger partial charge in [0.05, 0.1) is 0 Å². The van der Waals surface area contributed by atoms with E-state index in [4.69, 9.17) is 4.74 Å². The normalized spacial score (nSPS) is 10.2. The molecule has 312 valence electrons. The van der Waals surface area contributed by atoms with Crippen molar-refractivity contribution in [3.63, 3.8) is 0 Å². The molecule has 0 radical (unpaired) electrons. The van der Waals surface area contributed by atoms with Gasteiger partial charge >= 0.3 is 0 Å². The number of hydrogen-bond donors (Lipinski definition) is 6. The van der Waals surface area contributed by atoms with Gasteiger partial charge < -0.3 is 35.4 Å². The molecule has 0 aliphatic heterocycles. The summed E-state index contributed by atoms with van der Waals surface area (Å²) in [6, 6.07) is 32.3. The smallest absolute Gasteiger partial charge is 0.201 e. The van der Waals surface area contributed by atoms with E-state index in [1.807, 2.05) is 91.0 Å². The molecule has 6 rings (SSSR count). The van der Waals surface area contributed by atoms with Crippen LogP contribution in [0.2, 0.25) is 0 Å². The van der Waals surface area contributed by atoms with E-state index in [0.717, 1.165) is 70.2 Å². The van der Waals surface area contributed by atoms with Gasteiger partial charge in [-0.25, -0.2) is 0 Å². The van der Waals surface area contributed by atoms with Gasteiger partial charge in [0.25, 0.3) is 0 Å². The minimum atomic E-state index is -0.266. The molecular weight excluding hydrogens is 761 g/mol. The average Bonchev–Trinajstić information content (AvgIpc) is 3.24. The molecule has 0 aliphatic carbocycles. The molecule has 0 saturated carbocycles. The van der Waals surface area contributed by atoms with Crippen molar-refractivity contribution >= 4 is 0 Å². The summed E-state index contributed by atoms with van der Waals surface area (Å²) >= 11 is 0. The lowest BCUT2D eigenvalue weighted by Gasteiger charge is -2.11. The van der Waals surface area contributed by atoms with Gasteiger partial charge in [-0.3, -0.25) is 0 Å². The Morgan fingerprint density at radius 1 is 0.361 bits per heavy atom. The minimum absolute atomic E-state index is 0.156. The standard InChI is InChI=1S/C18H18O3.2C18H18O2/c1-3-5-13-7-9-15(10-8-13)21-17-12-14(6-4-2)11-16(19)18(17)20;1-3-5-13-7-9-18(20)16(11-13)14-8-10-17(19)15(12-14)6-4-2;1-3-5-13-7-9-17(19)15(11-13)16-12-14(6-4-2)8-10-18(16)20/h3-4,7-12,19-20H,1-2,5-6H2;2*3-4,7-12,19-20H,1-2,5-6H2. The SMILES string of the molecule is C=CCc1ccc(O)c(-c2cc(CC=C)ccc2O)c1.C=CCc1ccc(O)c(-c2ccc(O)c(CC=C)c2)c1.C=CCc1ccc(Oc2cc(CC=C)cc(O)c2O)cc1. The van der Waals surface area contributed by atoms with E-state index in [2.05, 4.69) is 39.5 Å². The zero-order valence-electron chi connectivity index (χ0n) is 34.4. The number of allylic oxidation sites excluding steroid dienone is 6. The van der Waals surface area contributed by atoms with Crippen molar-refractivity contribution in [3.8, 4) is 68.2 Å². The third kappa shape index (κ3) is 13.2. The Hall–Kier alpha value is -7.64. The van der Waals surface area contributed by atoms with Crippen LogP contribution in [0, 0.1) is 0 Å². The molecule has 0 bridgehead atoms. The Morgan fingerprint density at radius 3 is 1.26 bits per heavy atom. The highest BCUT2D eigenvalue weighted by atomic mass is 16.5. The van der Waals surface area contributed by atoms with Crippen molar-refractivity contribution in [2.75, 3.05) is 0 Å².